The van der Waals surface area contributed by atoms with Gasteiger partial charge in [0.1, 0.15) is 0 Å². The number of rotatable bonds is 4. The van der Waals surface area contributed by atoms with Crippen molar-refractivity contribution in [3.8, 4) is 0 Å². The predicted molar refractivity (Wildman–Crippen MR) is 72.3 cm³/mol. The van der Waals surface area contributed by atoms with Crippen LogP contribution in [0, 0.1) is 0 Å². The molecule has 94 valence electrons. The molecular weight excluding hydrogens is 246 g/mol. The first-order valence-corrected chi connectivity index (χ1v) is 6.60. The van der Waals surface area contributed by atoms with Crippen LogP contribution in [0.5, 0.6) is 0 Å². The second-order valence-corrected chi connectivity index (χ2v) is 4.94. The van der Waals surface area contributed by atoms with Crippen molar-refractivity contribution in [1.29, 1.82) is 0 Å². The van der Waals surface area contributed by atoms with Gasteiger partial charge < -0.3 is 10.6 Å². The highest BCUT2D eigenvalue weighted by molar-refractivity contribution is 7.09. The molecule has 0 unspecified atom stereocenters. The van der Waals surface area contributed by atoms with Gasteiger partial charge in [-0.3, -0.25) is 4.98 Å². The third-order valence-corrected chi connectivity index (χ3v) is 3.43. The molecule has 0 aliphatic heterocycles. The molecule has 0 spiro atoms. The first kappa shape index (κ1) is 12.6. The molecule has 2 heterocycles. The van der Waals surface area contributed by atoms with Gasteiger partial charge in [0.05, 0.1) is 12.6 Å². The van der Waals surface area contributed by atoms with E-state index >= 15 is 0 Å². The van der Waals surface area contributed by atoms with Crippen molar-refractivity contribution in [2.75, 3.05) is 0 Å². The maximum atomic E-state index is 11.7. The molecule has 18 heavy (non-hydrogen) atoms. The van der Waals surface area contributed by atoms with Crippen LogP contribution < -0.4 is 10.6 Å². The van der Waals surface area contributed by atoms with Gasteiger partial charge in [0, 0.05) is 17.3 Å². The minimum Gasteiger partial charge on any atom is -0.333 e. The van der Waals surface area contributed by atoms with Crippen molar-refractivity contribution in [2.24, 2.45) is 0 Å². The zero-order valence-corrected chi connectivity index (χ0v) is 10.9. The SMILES string of the molecule is C[C@@H](NC(=O)NCc1cccs1)c1ccncc1. The summed E-state index contributed by atoms with van der Waals surface area (Å²) in [5.74, 6) is 0. The molecule has 0 radical (unpaired) electrons. The molecular formula is C13H15N3OS. The number of thiophene rings is 1. The minimum atomic E-state index is -0.160. The molecule has 2 amide bonds. The monoisotopic (exact) mass is 261 g/mol. The van der Waals surface area contributed by atoms with Gasteiger partial charge in [-0.25, -0.2) is 4.79 Å². The zero-order chi connectivity index (χ0) is 12.8. The van der Waals surface area contributed by atoms with Gasteiger partial charge in [0.2, 0.25) is 0 Å². The molecule has 0 aliphatic rings. The summed E-state index contributed by atoms with van der Waals surface area (Å²) in [5, 5.41) is 7.71. The normalized spacial score (nSPS) is 11.8. The fourth-order valence-corrected chi connectivity index (χ4v) is 2.21. The summed E-state index contributed by atoms with van der Waals surface area (Å²) >= 11 is 1.63. The lowest BCUT2D eigenvalue weighted by atomic mass is 10.1. The Kier molecular flexibility index (Phi) is 4.30. The molecule has 5 heteroatoms. The highest BCUT2D eigenvalue weighted by atomic mass is 32.1. The fraction of sp³-hybridized carbons (Fsp3) is 0.231. The van der Waals surface area contributed by atoms with E-state index in [2.05, 4.69) is 15.6 Å². The molecule has 1 atom stereocenters. The van der Waals surface area contributed by atoms with Crippen LogP contribution in [0.1, 0.15) is 23.4 Å². The number of hydrogen-bond donors (Lipinski definition) is 2. The number of nitrogens with one attached hydrogen (secondary N) is 2. The average Bonchev–Trinajstić information content (AvgIpc) is 2.90. The Balaban J connectivity index is 1.80. The van der Waals surface area contributed by atoms with Gasteiger partial charge >= 0.3 is 6.03 Å². The van der Waals surface area contributed by atoms with E-state index in [1.165, 1.54) is 0 Å². The summed E-state index contributed by atoms with van der Waals surface area (Å²) in [6.07, 6.45) is 3.44. The van der Waals surface area contributed by atoms with Gasteiger partial charge in [0.25, 0.3) is 0 Å². The third kappa shape index (κ3) is 3.56. The van der Waals surface area contributed by atoms with E-state index in [4.69, 9.17) is 0 Å². The number of carbonyl (C=O) groups is 1. The quantitative estimate of drug-likeness (QED) is 0.889. The van der Waals surface area contributed by atoms with Crippen LogP contribution in [0.15, 0.2) is 42.0 Å². The number of hydrogen-bond acceptors (Lipinski definition) is 3. The molecule has 2 rings (SSSR count). The van der Waals surface area contributed by atoms with Crippen LogP contribution in [-0.4, -0.2) is 11.0 Å². The number of nitrogens with zero attached hydrogens (tertiary/aromatic N) is 1. The van der Waals surface area contributed by atoms with Crippen molar-refractivity contribution >= 4 is 17.4 Å². The lowest BCUT2D eigenvalue weighted by Crippen LogP contribution is -2.36. The van der Waals surface area contributed by atoms with Crippen LogP contribution in [0.4, 0.5) is 4.79 Å². The maximum absolute atomic E-state index is 11.7. The van der Waals surface area contributed by atoms with Crippen LogP contribution in [0.3, 0.4) is 0 Å². The van der Waals surface area contributed by atoms with E-state index in [9.17, 15) is 4.79 Å². The van der Waals surface area contributed by atoms with Crippen LogP contribution in [0.25, 0.3) is 0 Å². The van der Waals surface area contributed by atoms with Crippen molar-refractivity contribution in [1.82, 2.24) is 15.6 Å². The number of aromatic nitrogens is 1. The smallest absolute Gasteiger partial charge is 0.315 e. The molecule has 0 bridgehead atoms. The lowest BCUT2D eigenvalue weighted by molar-refractivity contribution is 0.237. The molecule has 0 aliphatic carbocycles. The topological polar surface area (TPSA) is 54.0 Å². The Morgan fingerprint density at radius 2 is 2.17 bits per heavy atom. The fourth-order valence-electron chi connectivity index (χ4n) is 1.56. The van der Waals surface area contributed by atoms with E-state index in [-0.39, 0.29) is 12.1 Å². The highest BCUT2D eigenvalue weighted by Gasteiger charge is 2.08. The Bertz CT molecular complexity index is 484. The number of carbonyl (C=O) groups excluding carboxylic acids is 1. The van der Waals surface area contributed by atoms with Crippen molar-refractivity contribution in [3.05, 3.63) is 52.5 Å². The molecule has 4 nitrogen and oxygen atoms in total. The standard InChI is InChI=1S/C13H15N3OS/c1-10(11-4-6-14-7-5-11)16-13(17)15-9-12-3-2-8-18-12/h2-8,10H,9H2,1H3,(H2,15,16,17)/t10-/m1/s1. The summed E-state index contributed by atoms with van der Waals surface area (Å²) in [7, 11) is 0. The van der Waals surface area contributed by atoms with E-state index in [1.54, 1.807) is 23.7 Å². The Morgan fingerprint density at radius 3 is 2.83 bits per heavy atom. The van der Waals surface area contributed by atoms with Gasteiger partial charge in [-0.1, -0.05) is 6.07 Å². The molecule has 0 saturated carbocycles. The Morgan fingerprint density at radius 1 is 1.39 bits per heavy atom. The van der Waals surface area contributed by atoms with E-state index in [0.29, 0.717) is 6.54 Å². The minimum absolute atomic E-state index is 0.0312. The Hall–Kier alpha value is -1.88. The average molecular weight is 261 g/mol. The summed E-state index contributed by atoms with van der Waals surface area (Å²) in [4.78, 5) is 16.8. The number of pyridine rings is 1. The van der Waals surface area contributed by atoms with Crippen molar-refractivity contribution < 1.29 is 4.79 Å². The number of urea groups is 1. The van der Waals surface area contributed by atoms with Gasteiger partial charge in [-0.15, -0.1) is 11.3 Å². The Labute approximate surface area is 110 Å². The second kappa shape index (κ2) is 6.16. The zero-order valence-electron chi connectivity index (χ0n) is 10.1. The summed E-state index contributed by atoms with van der Waals surface area (Å²) < 4.78 is 0. The molecule has 0 saturated heterocycles. The molecule has 2 aromatic heterocycles. The van der Waals surface area contributed by atoms with Gasteiger partial charge in [-0.2, -0.15) is 0 Å². The van der Waals surface area contributed by atoms with E-state index in [1.807, 2.05) is 36.6 Å². The van der Waals surface area contributed by atoms with Crippen molar-refractivity contribution in [3.63, 3.8) is 0 Å². The first-order valence-electron chi connectivity index (χ1n) is 5.72. The first-order chi connectivity index (χ1) is 8.75. The largest absolute Gasteiger partial charge is 0.333 e. The lowest BCUT2D eigenvalue weighted by Gasteiger charge is -2.14. The predicted octanol–water partition coefficient (Wildman–Crippen LogP) is 2.70. The number of amides is 2. The molecule has 2 aromatic rings. The van der Waals surface area contributed by atoms with Gasteiger partial charge in [0.15, 0.2) is 0 Å². The molecule has 0 fully saturated rings. The molecule has 2 N–H and O–H groups in total. The molecule has 0 aromatic carbocycles. The third-order valence-electron chi connectivity index (χ3n) is 2.56. The van der Waals surface area contributed by atoms with Crippen LogP contribution in [0.2, 0.25) is 0 Å². The highest BCUT2D eigenvalue weighted by Crippen LogP contribution is 2.10. The van der Waals surface area contributed by atoms with Crippen LogP contribution in [-0.2, 0) is 6.54 Å². The van der Waals surface area contributed by atoms with E-state index < -0.39 is 0 Å². The summed E-state index contributed by atoms with van der Waals surface area (Å²) in [6.45, 7) is 2.51. The van der Waals surface area contributed by atoms with E-state index in [0.717, 1.165) is 10.4 Å². The second-order valence-electron chi connectivity index (χ2n) is 3.91. The summed E-state index contributed by atoms with van der Waals surface area (Å²) in [6, 6.07) is 7.56. The summed E-state index contributed by atoms with van der Waals surface area (Å²) in [5.41, 5.74) is 1.04. The van der Waals surface area contributed by atoms with Crippen molar-refractivity contribution in [2.45, 2.75) is 19.5 Å². The van der Waals surface area contributed by atoms with Crippen LogP contribution >= 0.6 is 11.3 Å². The van der Waals surface area contributed by atoms with Gasteiger partial charge in [-0.05, 0) is 36.1 Å². The maximum Gasteiger partial charge on any atom is 0.315 e.